The van der Waals surface area contributed by atoms with Crippen LogP contribution in [0.25, 0.3) is 0 Å². The summed E-state index contributed by atoms with van der Waals surface area (Å²) in [6, 6.07) is 6.15. The number of benzene rings is 1. The number of halogens is 2. The minimum absolute atomic E-state index is 0. The first-order chi connectivity index (χ1) is 9.02. The molecular weight excluding hydrogens is 344 g/mol. The summed E-state index contributed by atoms with van der Waals surface area (Å²) in [6.45, 7) is 5.04. The van der Waals surface area contributed by atoms with Crippen molar-refractivity contribution in [3.05, 3.63) is 28.2 Å². The molecule has 0 saturated carbocycles. The molecule has 0 aliphatic heterocycles. The van der Waals surface area contributed by atoms with Gasteiger partial charge in [0.25, 0.3) is 0 Å². The standard InChI is InChI=1S/C14H21BrN2O2.ClH/c1-10-4-5-13(12(15)8-10)19-7-6-14(18)17-9-11(2)16-3;/h4-5,8,11,16H,6-7,9H2,1-3H3,(H,17,18);1H. The molecule has 0 aliphatic rings. The lowest BCUT2D eigenvalue weighted by atomic mass is 10.2. The van der Waals surface area contributed by atoms with Crippen LogP contribution in [0.5, 0.6) is 5.75 Å². The van der Waals surface area contributed by atoms with Crippen LogP contribution in [0.2, 0.25) is 0 Å². The van der Waals surface area contributed by atoms with Crippen molar-refractivity contribution in [2.75, 3.05) is 20.2 Å². The molecule has 1 amide bonds. The van der Waals surface area contributed by atoms with E-state index >= 15 is 0 Å². The molecule has 0 aromatic heterocycles. The molecule has 0 heterocycles. The molecule has 0 radical (unpaired) electrons. The quantitative estimate of drug-likeness (QED) is 0.781. The maximum absolute atomic E-state index is 11.6. The molecule has 20 heavy (non-hydrogen) atoms. The van der Waals surface area contributed by atoms with E-state index in [0.717, 1.165) is 15.8 Å². The Hall–Kier alpha value is -0.780. The molecule has 0 bridgehead atoms. The molecule has 0 aliphatic carbocycles. The number of carbonyl (C=O) groups excluding carboxylic acids is 1. The number of ether oxygens (including phenoxy) is 1. The van der Waals surface area contributed by atoms with Gasteiger partial charge in [0.2, 0.25) is 5.91 Å². The number of rotatable bonds is 7. The van der Waals surface area contributed by atoms with E-state index in [9.17, 15) is 4.79 Å². The lowest BCUT2D eigenvalue weighted by Crippen LogP contribution is -2.37. The Morgan fingerprint density at radius 1 is 1.45 bits per heavy atom. The van der Waals surface area contributed by atoms with Gasteiger partial charge in [-0.25, -0.2) is 0 Å². The topological polar surface area (TPSA) is 50.4 Å². The van der Waals surface area contributed by atoms with E-state index in [1.54, 1.807) is 0 Å². The van der Waals surface area contributed by atoms with Crippen LogP contribution in [0.3, 0.4) is 0 Å². The van der Waals surface area contributed by atoms with Crippen LogP contribution in [0.1, 0.15) is 18.9 Å². The normalized spacial score (nSPS) is 11.4. The van der Waals surface area contributed by atoms with Crippen LogP contribution >= 0.6 is 28.3 Å². The van der Waals surface area contributed by atoms with Crippen molar-refractivity contribution in [3.63, 3.8) is 0 Å². The second-order valence-electron chi connectivity index (χ2n) is 4.53. The second kappa shape index (κ2) is 10.0. The molecule has 114 valence electrons. The van der Waals surface area contributed by atoms with Gasteiger partial charge >= 0.3 is 0 Å². The summed E-state index contributed by atoms with van der Waals surface area (Å²) in [5.41, 5.74) is 1.16. The third-order valence-corrected chi connectivity index (χ3v) is 3.39. The fourth-order valence-corrected chi connectivity index (χ4v) is 2.04. The van der Waals surface area contributed by atoms with Gasteiger partial charge in [-0.2, -0.15) is 0 Å². The van der Waals surface area contributed by atoms with Gasteiger partial charge in [0.05, 0.1) is 17.5 Å². The third kappa shape index (κ3) is 7.12. The number of likely N-dealkylation sites (N-methyl/N-ethyl adjacent to an activating group) is 1. The van der Waals surface area contributed by atoms with Crippen LogP contribution in [0, 0.1) is 6.92 Å². The van der Waals surface area contributed by atoms with Crippen molar-refractivity contribution in [3.8, 4) is 5.75 Å². The predicted octanol–water partition coefficient (Wildman–Crippen LogP) is 2.67. The Kier molecular flexibility index (Phi) is 9.63. The molecule has 1 aromatic rings. The van der Waals surface area contributed by atoms with Crippen LogP contribution in [-0.2, 0) is 4.79 Å². The largest absolute Gasteiger partial charge is 0.492 e. The zero-order valence-corrected chi connectivity index (χ0v) is 14.4. The molecule has 6 heteroatoms. The molecule has 0 spiro atoms. The van der Waals surface area contributed by atoms with Crippen LogP contribution in [0.4, 0.5) is 0 Å². The Labute approximate surface area is 135 Å². The van der Waals surface area contributed by atoms with Crippen molar-refractivity contribution >= 4 is 34.2 Å². The zero-order valence-electron chi connectivity index (χ0n) is 12.0. The molecule has 0 fully saturated rings. The van der Waals surface area contributed by atoms with E-state index in [1.807, 2.05) is 39.1 Å². The highest BCUT2D eigenvalue weighted by molar-refractivity contribution is 9.10. The van der Waals surface area contributed by atoms with Gasteiger partial charge in [-0.3, -0.25) is 4.79 Å². The molecule has 1 atom stereocenters. The SMILES string of the molecule is CNC(C)CNC(=O)CCOc1ccc(C)cc1Br.Cl. The van der Waals surface area contributed by atoms with E-state index in [4.69, 9.17) is 4.74 Å². The minimum atomic E-state index is 0. The Balaban J connectivity index is 0.00000361. The second-order valence-corrected chi connectivity index (χ2v) is 5.38. The fourth-order valence-electron chi connectivity index (χ4n) is 1.43. The first-order valence-electron chi connectivity index (χ1n) is 6.36. The maximum Gasteiger partial charge on any atom is 0.223 e. The van der Waals surface area contributed by atoms with Crippen molar-refractivity contribution < 1.29 is 9.53 Å². The summed E-state index contributed by atoms with van der Waals surface area (Å²) in [5, 5.41) is 5.91. The summed E-state index contributed by atoms with van der Waals surface area (Å²) in [5.74, 6) is 0.771. The highest BCUT2D eigenvalue weighted by atomic mass is 79.9. The van der Waals surface area contributed by atoms with E-state index < -0.39 is 0 Å². The smallest absolute Gasteiger partial charge is 0.223 e. The molecular formula is C14H22BrClN2O2. The van der Waals surface area contributed by atoms with Gasteiger partial charge in [-0.05, 0) is 54.5 Å². The number of hydrogen-bond acceptors (Lipinski definition) is 3. The van der Waals surface area contributed by atoms with Crippen molar-refractivity contribution in [1.82, 2.24) is 10.6 Å². The lowest BCUT2D eigenvalue weighted by Gasteiger charge is -2.12. The molecule has 1 unspecified atom stereocenters. The summed E-state index contributed by atoms with van der Waals surface area (Å²) in [6.07, 6.45) is 0.358. The highest BCUT2D eigenvalue weighted by Crippen LogP contribution is 2.25. The van der Waals surface area contributed by atoms with Crippen molar-refractivity contribution in [2.24, 2.45) is 0 Å². The number of nitrogens with one attached hydrogen (secondary N) is 2. The van der Waals surface area contributed by atoms with Crippen LogP contribution in [0.15, 0.2) is 22.7 Å². The first-order valence-corrected chi connectivity index (χ1v) is 7.15. The monoisotopic (exact) mass is 364 g/mol. The zero-order chi connectivity index (χ0) is 14.3. The Morgan fingerprint density at radius 2 is 2.15 bits per heavy atom. The lowest BCUT2D eigenvalue weighted by molar-refractivity contribution is -0.121. The van der Waals surface area contributed by atoms with Crippen molar-refractivity contribution in [2.45, 2.75) is 26.3 Å². The van der Waals surface area contributed by atoms with Gasteiger partial charge in [0, 0.05) is 12.6 Å². The Morgan fingerprint density at radius 3 is 2.75 bits per heavy atom. The van der Waals surface area contributed by atoms with Gasteiger partial charge in [0.15, 0.2) is 0 Å². The van der Waals surface area contributed by atoms with E-state index in [0.29, 0.717) is 19.6 Å². The molecule has 0 saturated heterocycles. The minimum Gasteiger partial charge on any atom is -0.492 e. The summed E-state index contributed by atoms with van der Waals surface area (Å²) in [4.78, 5) is 11.6. The fraction of sp³-hybridized carbons (Fsp3) is 0.500. The van der Waals surface area contributed by atoms with E-state index in [-0.39, 0.29) is 24.4 Å². The number of aryl methyl sites for hydroxylation is 1. The molecule has 1 aromatic carbocycles. The van der Waals surface area contributed by atoms with Gasteiger partial charge in [-0.1, -0.05) is 6.07 Å². The van der Waals surface area contributed by atoms with Crippen LogP contribution in [-0.4, -0.2) is 32.1 Å². The molecule has 4 nitrogen and oxygen atoms in total. The predicted molar refractivity (Wildman–Crippen MR) is 87.8 cm³/mol. The summed E-state index contributed by atoms with van der Waals surface area (Å²) < 4.78 is 6.49. The Bertz CT molecular complexity index is 430. The summed E-state index contributed by atoms with van der Waals surface area (Å²) in [7, 11) is 1.87. The van der Waals surface area contributed by atoms with E-state index in [1.165, 1.54) is 0 Å². The third-order valence-electron chi connectivity index (χ3n) is 2.77. The average Bonchev–Trinajstić information content (AvgIpc) is 2.38. The number of hydrogen-bond donors (Lipinski definition) is 2. The maximum atomic E-state index is 11.6. The van der Waals surface area contributed by atoms with E-state index in [2.05, 4.69) is 26.6 Å². The average molecular weight is 366 g/mol. The van der Waals surface area contributed by atoms with Gasteiger partial charge < -0.3 is 15.4 Å². The molecule has 2 N–H and O–H groups in total. The molecule has 1 rings (SSSR count). The highest BCUT2D eigenvalue weighted by Gasteiger charge is 2.05. The first kappa shape index (κ1) is 19.2. The van der Waals surface area contributed by atoms with Gasteiger partial charge in [-0.15, -0.1) is 12.4 Å². The number of amides is 1. The summed E-state index contributed by atoms with van der Waals surface area (Å²) >= 11 is 3.44. The van der Waals surface area contributed by atoms with Crippen molar-refractivity contribution in [1.29, 1.82) is 0 Å². The van der Waals surface area contributed by atoms with Gasteiger partial charge in [0.1, 0.15) is 5.75 Å². The number of carbonyl (C=O) groups is 1. The van der Waals surface area contributed by atoms with Crippen LogP contribution < -0.4 is 15.4 Å².